The van der Waals surface area contributed by atoms with E-state index < -0.39 is 0 Å². The Morgan fingerprint density at radius 2 is 2.00 bits per heavy atom. The van der Waals surface area contributed by atoms with Crippen molar-refractivity contribution in [2.24, 2.45) is 17.8 Å². The molecule has 0 aromatic heterocycles. The maximum absolute atomic E-state index is 5.22. The van der Waals surface area contributed by atoms with Gasteiger partial charge in [0, 0.05) is 13.2 Å². The zero-order chi connectivity index (χ0) is 12.0. The molecule has 0 bridgehead atoms. The predicted molar refractivity (Wildman–Crippen MR) is 70.4 cm³/mol. The average Bonchev–Trinajstić information content (AvgIpc) is 2.93. The molecule has 0 saturated carbocycles. The van der Waals surface area contributed by atoms with E-state index in [1.165, 1.54) is 12.0 Å². The van der Waals surface area contributed by atoms with Crippen LogP contribution in [0.5, 0.6) is 0 Å². The molecule has 2 rings (SSSR count). The molecule has 1 atom stereocenters. The molecule has 0 aromatic carbocycles. The summed E-state index contributed by atoms with van der Waals surface area (Å²) in [5.41, 5.74) is 1.49. The lowest BCUT2D eigenvalue weighted by Gasteiger charge is -2.09. The van der Waals surface area contributed by atoms with Crippen LogP contribution in [-0.2, 0) is 4.74 Å². The molecular formula is C15H26O. The third kappa shape index (κ3) is 4.52. The first kappa shape index (κ1) is 13.5. The summed E-state index contributed by atoms with van der Waals surface area (Å²) in [5.74, 6) is 2.38. The summed E-state index contributed by atoms with van der Waals surface area (Å²) in [7, 11) is 0. The number of hydrogen-bond donors (Lipinski definition) is 0. The van der Waals surface area contributed by atoms with E-state index in [9.17, 15) is 0 Å². The second-order valence-electron chi connectivity index (χ2n) is 5.36. The van der Waals surface area contributed by atoms with Gasteiger partial charge in [0.05, 0.1) is 0 Å². The van der Waals surface area contributed by atoms with E-state index >= 15 is 0 Å². The van der Waals surface area contributed by atoms with Gasteiger partial charge in [0.2, 0.25) is 0 Å². The Hall–Kier alpha value is -0.560. The Kier molecular flexibility index (Phi) is 5.83. The van der Waals surface area contributed by atoms with Crippen LogP contribution in [0.25, 0.3) is 0 Å². The maximum atomic E-state index is 5.22. The van der Waals surface area contributed by atoms with Gasteiger partial charge in [-0.25, -0.2) is 0 Å². The van der Waals surface area contributed by atoms with Crippen molar-refractivity contribution in [1.82, 2.24) is 0 Å². The van der Waals surface area contributed by atoms with Crippen molar-refractivity contribution in [2.75, 3.05) is 13.2 Å². The third-order valence-corrected chi connectivity index (χ3v) is 3.37. The smallest absolute Gasteiger partial charge is 0.0497 e. The molecule has 92 valence electrons. The van der Waals surface area contributed by atoms with E-state index in [4.69, 9.17) is 4.74 Å². The molecule has 0 amide bonds. The summed E-state index contributed by atoms with van der Waals surface area (Å²) in [6, 6.07) is 0. The van der Waals surface area contributed by atoms with Crippen molar-refractivity contribution in [3.63, 3.8) is 0 Å². The first-order chi connectivity index (χ1) is 7.61. The van der Waals surface area contributed by atoms with E-state index in [-0.39, 0.29) is 0 Å². The van der Waals surface area contributed by atoms with Crippen LogP contribution in [0.15, 0.2) is 23.8 Å². The minimum absolute atomic E-state index is 0.716. The minimum Gasteiger partial charge on any atom is -0.381 e. The molecular weight excluding hydrogens is 196 g/mol. The minimum atomic E-state index is 0.716. The molecule has 0 spiro atoms. The van der Waals surface area contributed by atoms with E-state index in [1.807, 2.05) is 0 Å². The monoisotopic (exact) mass is 222 g/mol. The Morgan fingerprint density at radius 1 is 1.25 bits per heavy atom. The highest BCUT2D eigenvalue weighted by molar-refractivity contribution is 5.27. The van der Waals surface area contributed by atoms with Crippen LogP contribution >= 0.6 is 0 Å². The largest absolute Gasteiger partial charge is 0.381 e. The van der Waals surface area contributed by atoms with Crippen molar-refractivity contribution < 1.29 is 4.74 Å². The van der Waals surface area contributed by atoms with Gasteiger partial charge in [0.15, 0.2) is 0 Å². The molecule has 0 N–H and O–H groups in total. The second kappa shape index (κ2) is 6.90. The highest BCUT2D eigenvalue weighted by Crippen LogP contribution is 2.20. The Balaban J connectivity index is 0.000000160. The van der Waals surface area contributed by atoms with Gasteiger partial charge in [0.25, 0.3) is 0 Å². The van der Waals surface area contributed by atoms with Crippen molar-refractivity contribution in [1.29, 1.82) is 0 Å². The van der Waals surface area contributed by atoms with Gasteiger partial charge in [-0.1, -0.05) is 45.9 Å². The predicted octanol–water partition coefficient (Wildman–Crippen LogP) is 4.21. The van der Waals surface area contributed by atoms with Gasteiger partial charge in [-0.2, -0.15) is 0 Å². The molecule has 0 radical (unpaired) electrons. The molecule has 1 unspecified atom stereocenters. The fraction of sp³-hybridized carbons (Fsp3) is 0.733. The number of hydrogen-bond acceptors (Lipinski definition) is 1. The van der Waals surface area contributed by atoms with Gasteiger partial charge < -0.3 is 4.74 Å². The van der Waals surface area contributed by atoms with E-state index in [0.717, 1.165) is 31.5 Å². The molecule has 1 aliphatic carbocycles. The topological polar surface area (TPSA) is 9.23 Å². The van der Waals surface area contributed by atoms with E-state index in [0.29, 0.717) is 5.92 Å². The van der Waals surface area contributed by atoms with Crippen LogP contribution in [0, 0.1) is 17.8 Å². The SMILES string of the molecule is CC(C)C1=CCC=C1.CC(C)C1CCOC1. The molecule has 0 aromatic rings. The van der Waals surface area contributed by atoms with Crippen molar-refractivity contribution >= 4 is 0 Å². The van der Waals surface area contributed by atoms with E-state index in [1.54, 1.807) is 0 Å². The highest BCUT2D eigenvalue weighted by Gasteiger charge is 2.18. The molecule has 1 heterocycles. The third-order valence-electron chi connectivity index (χ3n) is 3.37. The first-order valence-corrected chi connectivity index (χ1v) is 6.55. The van der Waals surface area contributed by atoms with Gasteiger partial charge in [-0.05, 0) is 36.2 Å². The second-order valence-corrected chi connectivity index (χ2v) is 5.36. The lowest BCUT2D eigenvalue weighted by molar-refractivity contribution is 0.177. The van der Waals surface area contributed by atoms with E-state index in [2.05, 4.69) is 45.9 Å². The maximum Gasteiger partial charge on any atom is 0.0497 e. The van der Waals surface area contributed by atoms with Crippen molar-refractivity contribution in [3.8, 4) is 0 Å². The van der Waals surface area contributed by atoms with Crippen LogP contribution in [0.1, 0.15) is 40.5 Å². The molecule has 1 saturated heterocycles. The van der Waals surface area contributed by atoms with Crippen LogP contribution in [0.2, 0.25) is 0 Å². The number of allylic oxidation sites excluding steroid dienone is 4. The lowest BCUT2D eigenvalue weighted by Crippen LogP contribution is -2.06. The fourth-order valence-corrected chi connectivity index (χ4v) is 1.98. The number of rotatable bonds is 2. The van der Waals surface area contributed by atoms with Gasteiger partial charge in [-0.3, -0.25) is 0 Å². The molecule has 1 nitrogen and oxygen atoms in total. The Bertz CT molecular complexity index is 242. The number of ether oxygens (including phenoxy) is 1. The van der Waals surface area contributed by atoms with Crippen molar-refractivity contribution in [3.05, 3.63) is 23.8 Å². The first-order valence-electron chi connectivity index (χ1n) is 6.55. The fourth-order valence-electron chi connectivity index (χ4n) is 1.98. The molecule has 1 fully saturated rings. The van der Waals surface area contributed by atoms with Gasteiger partial charge >= 0.3 is 0 Å². The van der Waals surface area contributed by atoms with Crippen LogP contribution in [-0.4, -0.2) is 13.2 Å². The quantitative estimate of drug-likeness (QED) is 0.680. The van der Waals surface area contributed by atoms with Gasteiger partial charge in [-0.15, -0.1) is 0 Å². The summed E-state index contributed by atoms with van der Waals surface area (Å²) in [4.78, 5) is 0. The Labute approximate surface area is 101 Å². The zero-order valence-electron chi connectivity index (χ0n) is 11.2. The standard InChI is InChI=1S/C8H12.C7H14O/c1-7(2)8-5-3-4-6-8;1-6(2)7-3-4-8-5-7/h3,5-7H,4H2,1-2H3;6-7H,3-5H2,1-2H3. The van der Waals surface area contributed by atoms with Crippen LogP contribution < -0.4 is 0 Å². The average molecular weight is 222 g/mol. The summed E-state index contributed by atoms with van der Waals surface area (Å²) in [6.07, 6.45) is 9.12. The molecule has 1 aliphatic heterocycles. The summed E-state index contributed by atoms with van der Waals surface area (Å²) in [6.45, 7) is 11.0. The summed E-state index contributed by atoms with van der Waals surface area (Å²) < 4.78 is 5.22. The Morgan fingerprint density at radius 3 is 2.25 bits per heavy atom. The molecule has 16 heavy (non-hydrogen) atoms. The molecule has 2 aliphatic rings. The zero-order valence-corrected chi connectivity index (χ0v) is 11.2. The van der Waals surface area contributed by atoms with Gasteiger partial charge in [0.1, 0.15) is 0 Å². The normalized spacial score (nSPS) is 23.6. The summed E-state index contributed by atoms with van der Waals surface area (Å²) in [5, 5.41) is 0. The summed E-state index contributed by atoms with van der Waals surface area (Å²) >= 11 is 0. The highest BCUT2D eigenvalue weighted by atomic mass is 16.5. The van der Waals surface area contributed by atoms with Crippen molar-refractivity contribution in [2.45, 2.75) is 40.5 Å². The lowest BCUT2D eigenvalue weighted by atomic mass is 9.96. The van der Waals surface area contributed by atoms with Crippen LogP contribution in [0.3, 0.4) is 0 Å². The molecule has 1 heteroatoms. The van der Waals surface area contributed by atoms with Crippen LogP contribution in [0.4, 0.5) is 0 Å².